The van der Waals surface area contributed by atoms with Crippen molar-refractivity contribution in [1.29, 1.82) is 0 Å². The lowest BCUT2D eigenvalue weighted by atomic mass is 9.57. The van der Waals surface area contributed by atoms with E-state index >= 15 is 0 Å². The third-order valence-electron chi connectivity index (χ3n) is 8.85. The lowest BCUT2D eigenvalue weighted by molar-refractivity contribution is -0.628. The van der Waals surface area contributed by atoms with Crippen molar-refractivity contribution in [3.8, 4) is 5.75 Å². The summed E-state index contributed by atoms with van der Waals surface area (Å²) in [7, 11) is 0. The molecule has 2 amide bonds. The van der Waals surface area contributed by atoms with E-state index < -0.39 is 40.6 Å². The normalized spacial score (nSPS) is 24.2. The van der Waals surface area contributed by atoms with Crippen LogP contribution in [-0.2, 0) is 49.1 Å². The van der Waals surface area contributed by atoms with Crippen LogP contribution in [0.25, 0.3) is 0 Å². The van der Waals surface area contributed by atoms with Gasteiger partial charge in [0.15, 0.2) is 5.60 Å². The molecule has 2 atom stereocenters. The Morgan fingerprint density at radius 3 is 2.18 bits per heavy atom. The highest BCUT2D eigenvalue weighted by atomic mass is 17.3. The number of fused-ring (bicyclic) bond motifs is 1. The number of amides is 2. The number of hydrogen-bond donors (Lipinski definition) is 0. The standard InChI is InChI=1S/C33H47NO10/c1-24(35)41-26-16-14-15-25(21-26)32-33(44-43-32,31(4,5)23-40-32)30(2,3)22-39-20-13-11-9-7-6-8-10-12-17-29(38)42-34-27(36)18-19-28(34)37/h14-16,21H,6-13,17-20,22-23H2,1-5H3. The number of carbonyl (C=O) groups excluding carboxylic acids is 4. The smallest absolute Gasteiger partial charge is 0.333 e. The molecule has 0 bridgehead atoms. The number of rotatable bonds is 17. The lowest BCUT2D eigenvalue weighted by Gasteiger charge is -2.61. The van der Waals surface area contributed by atoms with E-state index in [1.807, 2.05) is 12.1 Å². The van der Waals surface area contributed by atoms with Crippen LogP contribution in [0.3, 0.4) is 0 Å². The van der Waals surface area contributed by atoms with Crippen LogP contribution in [0.2, 0.25) is 0 Å². The first-order chi connectivity index (χ1) is 20.9. The van der Waals surface area contributed by atoms with Gasteiger partial charge in [0, 0.05) is 49.2 Å². The van der Waals surface area contributed by atoms with E-state index in [1.54, 1.807) is 12.1 Å². The molecule has 0 radical (unpaired) electrons. The van der Waals surface area contributed by atoms with Crippen molar-refractivity contribution < 1.29 is 48.0 Å². The van der Waals surface area contributed by atoms with Crippen LogP contribution in [0.4, 0.5) is 0 Å². The Kier molecular flexibility index (Phi) is 10.9. The first kappa shape index (κ1) is 34.0. The molecule has 11 heteroatoms. The number of nitrogens with zero attached hydrogens (tertiary/aromatic N) is 1. The second-order valence-corrected chi connectivity index (χ2v) is 13.3. The number of benzene rings is 1. The number of imide groups is 1. The SMILES string of the molecule is CC(=O)Oc1cccc(C23OCC(C)(C)C2(C(C)(C)COCCCCCCCCCCC(=O)ON2C(=O)CCC2=O)OO3)c1. The maximum atomic E-state index is 11.9. The highest BCUT2D eigenvalue weighted by Crippen LogP contribution is 2.69. The summed E-state index contributed by atoms with van der Waals surface area (Å²) in [4.78, 5) is 63.2. The molecule has 3 heterocycles. The average molecular weight is 618 g/mol. The van der Waals surface area contributed by atoms with Gasteiger partial charge in [-0.25, -0.2) is 9.68 Å². The number of hydroxylamine groups is 2. The molecule has 3 aliphatic rings. The largest absolute Gasteiger partial charge is 0.427 e. The van der Waals surface area contributed by atoms with Crippen molar-refractivity contribution in [1.82, 2.24) is 5.06 Å². The van der Waals surface area contributed by atoms with E-state index in [1.165, 1.54) is 6.92 Å². The van der Waals surface area contributed by atoms with E-state index in [4.69, 9.17) is 28.8 Å². The van der Waals surface area contributed by atoms with Gasteiger partial charge in [0.1, 0.15) is 5.75 Å². The molecule has 3 saturated heterocycles. The molecule has 0 saturated carbocycles. The first-order valence-corrected chi connectivity index (χ1v) is 15.8. The lowest BCUT2D eigenvalue weighted by Crippen LogP contribution is -2.74. The molecule has 0 N–H and O–H groups in total. The molecular weight excluding hydrogens is 570 g/mol. The Bertz CT molecular complexity index is 1200. The summed E-state index contributed by atoms with van der Waals surface area (Å²) in [5.74, 6) is -2.55. The van der Waals surface area contributed by atoms with Gasteiger partial charge in [0.2, 0.25) is 0 Å². The Morgan fingerprint density at radius 2 is 1.57 bits per heavy atom. The fourth-order valence-corrected chi connectivity index (χ4v) is 6.78. The molecule has 4 rings (SSSR count). The first-order valence-electron chi connectivity index (χ1n) is 15.8. The maximum Gasteiger partial charge on any atom is 0.333 e. The Hall–Kier alpha value is -2.86. The molecule has 3 aliphatic heterocycles. The predicted octanol–water partition coefficient (Wildman–Crippen LogP) is 5.68. The van der Waals surface area contributed by atoms with E-state index in [9.17, 15) is 19.2 Å². The number of ether oxygens (including phenoxy) is 3. The van der Waals surface area contributed by atoms with E-state index in [0.29, 0.717) is 37.1 Å². The number of unbranched alkanes of at least 4 members (excludes halogenated alkanes) is 7. The minimum absolute atomic E-state index is 0.104. The van der Waals surface area contributed by atoms with Gasteiger partial charge in [-0.2, -0.15) is 4.89 Å². The summed E-state index contributed by atoms with van der Waals surface area (Å²) in [6.45, 7) is 11.3. The highest BCUT2D eigenvalue weighted by Gasteiger charge is 2.82. The Morgan fingerprint density at radius 1 is 0.932 bits per heavy atom. The van der Waals surface area contributed by atoms with E-state index in [-0.39, 0.29) is 24.7 Å². The van der Waals surface area contributed by atoms with Crippen LogP contribution in [0.15, 0.2) is 24.3 Å². The topological polar surface area (TPSA) is 127 Å². The Labute approximate surface area is 259 Å². The fourth-order valence-electron chi connectivity index (χ4n) is 6.78. The zero-order valence-corrected chi connectivity index (χ0v) is 26.7. The maximum absolute atomic E-state index is 11.9. The fraction of sp³-hybridized carbons (Fsp3) is 0.697. The van der Waals surface area contributed by atoms with Gasteiger partial charge in [-0.15, -0.1) is 5.06 Å². The number of esters is 1. The summed E-state index contributed by atoms with van der Waals surface area (Å²) >= 11 is 0. The molecule has 244 valence electrons. The van der Waals surface area contributed by atoms with Crippen molar-refractivity contribution >= 4 is 23.8 Å². The van der Waals surface area contributed by atoms with Gasteiger partial charge in [0.25, 0.3) is 17.6 Å². The van der Waals surface area contributed by atoms with Gasteiger partial charge in [-0.05, 0) is 25.0 Å². The van der Waals surface area contributed by atoms with Gasteiger partial charge < -0.3 is 19.0 Å². The molecule has 1 aromatic rings. The van der Waals surface area contributed by atoms with Gasteiger partial charge in [-0.3, -0.25) is 14.4 Å². The highest BCUT2D eigenvalue weighted by molar-refractivity contribution is 6.01. The number of hydrogen-bond acceptors (Lipinski definition) is 10. The minimum atomic E-state index is -1.15. The van der Waals surface area contributed by atoms with Crippen LogP contribution in [0.5, 0.6) is 5.75 Å². The van der Waals surface area contributed by atoms with Crippen molar-refractivity contribution in [2.45, 2.75) is 117 Å². The molecule has 44 heavy (non-hydrogen) atoms. The van der Waals surface area contributed by atoms with Crippen molar-refractivity contribution in [2.75, 3.05) is 19.8 Å². The molecule has 11 nitrogen and oxygen atoms in total. The summed E-state index contributed by atoms with van der Waals surface area (Å²) < 4.78 is 17.9. The Balaban J connectivity index is 1.14. The minimum Gasteiger partial charge on any atom is -0.427 e. The van der Waals surface area contributed by atoms with Crippen LogP contribution < -0.4 is 4.74 Å². The summed E-state index contributed by atoms with van der Waals surface area (Å²) in [6.07, 6.45) is 8.33. The van der Waals surface area contributed by atoms with Crippen molar-refractivity contribution in [2.24, 2.45) is 10.8 Å². The monoisotopic (exact) mass is 617 g/mol. The van der Waals surface area contributed by atoms with Gasteiger partial charge >= 0.3 is 11.9 Å². The number of carbonyl (C=O) groups is 4. The zero-order chi connectivity index (χ0) is 32.0. The summed E-state index contributed by atoms with van der Waals surface area (Å²) in [5, 5.41) is 0.605. The van der Waals surface area contributed by atoms with Crippen LogP contribution in [0, 0.1) is 10.8 Å². The van der Waals surface area contributed by atoms with Gasteiger partial charge in [-0.1, -0.05) is 78.4 Å². The molecule has 3 fully saturated rings. The molecule has 0 aliphatic carbocycles. The predicted molar refractivity (Wildman–Crippen MR) is 157 cm³/mol. The van der Waals surface area contributed by atoms with Crippen LogP contribution >= 0.6 is 0 Å². The molecule has 2 unspecified atom stereocenters. The summed E-state index contributed by atoms with van der Waals surface area (Å²) in [5.41, 5.74) is -0.964. The third kappa shape index (κ3) is 6.85. The molecule has 1 aromatic carbocycles. The van der Waals surface area contributed by atoms with Crippen molar-refractivity contribution in [3.05, 3.63) is 29.8 Å². The molecular formula is C33H47NO10. The molecule has 0 spiro atoms. The van der Waals surface area contributed by atoms with Crippen LogP contribution in [0.1, 0.15) is 111 Å². The second kappa shape index (κ2) is 14.1. The molecule has 0 aromatic heterocycles. The van der Waals surface area contributed by atoms with Crippen LogP contribution in [-0.4, -0.2) is 54.2 Å². The third-order valence-corrected chi connectivity index (χ3v) is 8.85. The quantitative estimate of drug-likeness (QED) is 0.0708. The average Bonchev–Trinajstić information content (AvgIpc) is 3.33. The van der Waals surface area contributed by atoms with Gasteiger partial charge in [0.05, 0.1) is 13.2 Å². The second-order valence-electron chi connectivity index (χ2n) is 13.3. The zero-order valence-electron chi connectivity index (χ0n) is 26.7. The van der Waals surface area contributed by atoms with E-state index in [0.717, 1.165) is 50.5 Å². The van der Waals surface area contributed by atoms with Crippen molar-refractivity contribution in [3.63, 3.8) is 0 Å². The summed E-state index contributed by atoms with van der Waals surface area (Å²) in [6, 6.07) is 7.21. The van der Waals surface area contributed by atoms with E-state index in [2.05, 4.69) is 27.7 Å².